The lowest BCUT2D eigenvalue weighted by atomic mass is 9.96. The SMILES string of the molecule is CCC(C(=O)Nc1cc(=O)[nH]c2nc(-c3ccc(Cl)cc3)nn12)c1ccccc1. The molecule has 0 fully saturated rings. The molecule has 4 rings (SSSR count). The van der Waals surface area contributed by atoms with Crippen LogP contribution in [-0.2, 0) is 4.79 Å². The van der Waals surface area contributed by atoms with Gasteiger partial charge in [-0.25, -0.2) is 0 Å². The molecule has 0 aliphatic rings. The molecule has 4 aromatic rings. The first-order valence-corrected chi connectivity index (χ1v) is 9.55. The van der Waals surface area contributed by atoms with Crippen molar-refractivity contribution >= 4 is 29.1 Å². The third kappa shape index (κ3) is 3.90. The third-order valence-corrected chi connectivity index (χ3v) is 4.87. The van der Waals surface area contributed by atoms with Crippen LogP contribution < -0.4 is 10.9 Å². The van der Waals surface area contributed by atoms with Gasteiger partial charge in [0.25, 0.3) is 5.56 Å². The molecule has 0 saturated carbocycles. The summed E-state index contributed by atoms with van der Waals surface area (Å²) in [6, 6.07) is 17.9. The highest BCUT2D eigenvalue weighted by molar-refractivity contribution is 6.30. The molecular weight excluding hydrogens is 390 g/mol. The predicted octanol–water partition coefficient (Wildman–Crippen LogP) is 3.87. The Morgan fingerprint density at radius 2 is 1.90 bits per heavy atom. The van der Waals surface area contributed by atoms with E-state index in [4.69, 9.17) is 11.6 Å². The lowest BCUT2D eigenvalue weighted by Gasteiger charge is -2.15. The first-order chi connectivity index (χ1) is 14.0. The van der Waals surface area contributed by atoms with Gasteiger partial charge in [-0.1, -0.05) is 48.9 Å². The summed E-state index contributed by atoms with van der Waals surface area (Å²) in [5, 5.41) is 7.87. The molecule has 8 heteroatoms. The minimum absolute atomic E-state index is 0.214. The molecule has 0 aliphatic carbocycles. The molecule has 2 N–H and O–H groups in total. The van der Waals surface area contributed by atoms with Crippen LogP contribution in [0.15, 0.2) is 65.5 Å². The number of nitrogens with zero attached hydrogens (tertiary/aromatic N) is 3. The van der Waals surface area contributed by atoms with Crippen molar-refractivity contribution in [3.63, 3.8) is 0 Å². The average molecular weight is 408 g/mol. The summed E-state index contributed by atoms with van der Waals surface area (Å²) >= 11 is 5.93. The quantitative estimate of drug-likeness (QED) is 0.525. The molecular formula is C21H18ClN5O2. The van der Waals surface area contributed by atoms with Gasteiger partial charge in [0.05, 0.1) is 5.92 Å². The Bertz CT molecular complexity index is 1220. The van der Waals surface area contributed by atoms with Gasteiger partial charge >= 0.3 is 0 Å². The Morgan fingerprint density at radius 3 is 2.59 bits per heavy atom. The van der Waals surface area contributed by atoms with Crippen molar-refractivity contribution in [3.8, 4) is 11.4 Å². The number of anilines is 1. The number of fused-ring (bicyclic) bond motifs is 1. The van der Waals surface area contributed by atoms with E-state index >= 15 is 0 Å². The van der Waals surface area contributed by atoms with Crippen LogP contribution in [0.2, 0.25) is 5.02 Å². The average Bonchev–Trinajstić information content (AvgIpc) is 3.14. The van der Waals surface area contributed by atoms with Crippen LogP contribution in [-0.4, -0.2) is 25.5 Å². The smallest absolute Gasteiger partial charge is 0.254 e. The number of amides is 1. The zero-order chi connectivity index (χ0) is 20.4. The number of benzene rings is 2. The number of aromatic nitrogens is 4. The molecule has 0 radical (unpaired) electrons. The number of nitrogens with one attached hydrogen (secondary N) is 2. The van der Waals surface area contributed by atoms with Crippen molar-refractivity contribution in [2.75, 3.05) is 5.32 Å². The summed E-state index contributed by atoms with van der Waals surface area (Å²) in [5.41, 5.74) is 1.27. The van der Waals surface area contributed by atoms with Crippen LogP contribution >= 0.6 is 11.6 Å². The van der Waals surface area contributed by atoms with E-state index in [1.165, 1.54) is 10.6 Å². The maximum absolute atomic E-state index is 12.9. The molecule has 2 aromatic carbocycles. The third-order valence-electron chi connectivity index (χ3n) is 4.62. The van der Waals surface area contributed by atoms with Crippen molar-refractivity contribution in [1.29, 1.82) is 0 Å². The molecule has 2 heterocycles. The normalized spacial score (nSPS) is 12.1. The first kappa shape index (κ1) is 18.9. The minimum Gasteiger partial charge on any atom is -0.310 e. The Balaban J connectivity index is 1.70. The fourth-order valence-electron chi connectivity index (χ4n) is 3.17. The topological polar surface area (TPSA) is 92.1 Å². The minimum atomic E-state index is -0.379. The number of carbonyl (C=O) groups is 1. The lowest BCUT2D eigenvalue weighted by Crippen LogP contribution is -2.24. The summed E-state index contributed by atoms with van der Waals surface area (Å²) < 4.78 is 1.42. The van der Waals surface area contributed by atoms with Crippen LogP contribution in [0, 0.1) is 0 Å². The van der Waals surface area contributed by atoms with Gasteiger partial charge in [0.2, 0.25) is 11.7 Å². The number of carbonyl (C=O) groups excluding carboxylic acids is 1. The fourth-order valence-corrected chi connectivity index (χ4v) is 3.30. The van der Waals surface area contributed by atoms with Crippen LogP contribution in [0.4, 0.5) is 5.82 Å². The molecule has 0 saturated heterocycles. The van der Waals surface area contributed by atoms with Gasteiger partial charge in [-0.3, -0.25) is 14.6 Å². The van der Waals surface area contributed by atoms with Crippen LogP contribution in [0.25, 0.3) is 17.2 Å². The zero-order valence-electron chi connectivity index (χ0n) is 15.6. The number of halogens is 1. The van der Waals surface area contributed by atoms with Crippen molar-refractivity contribution in [1.82, 2.24) is 19.6 Å². The maximum Gasteiger partial charge on any atom is 0.254 e. The number of aromatic amines is 1. The molecule has 1 unspecified atom stereocenters. The van der Waals surface area contributed by atoms with Gasteiger partial charge in [-0.2, -0.15) is 9.50 Å². The molecule has 29 heavy (non-hydrogen) atoms. The number of hydrogen-bond acceptors (Lipinski definition) is 4. The Kier molecular flexibility index (Phi) is 5.14. The van der Waals surface area contributed by atoms with E-state index < -0.39 is 0 Å². The highest BCUT2D eigenvalue weighted by Crippen LogP contribution is 2.22. The Labute approximate surface area is 171 Å². The second-order valence-corrected chi connectivity index (χ2v) is 6.99. The molecule has 0 bridgehead atoms. The first-order valence-electron chi connectivity index (χ1n) is 9.17. The van der Waals surface area contributed by atoms with Crippen molar-refractivity contribution in [2.45, 2.75) is 19.3 Å². The molecule has 146 valence electrons. The lowest BCUT2D eigenvalue weighted by molar-refractivity contribution is -0.117. The highest BCUT2D eigenvalue weighted by atomic mass is 35.5. The Morgan fingerprint density at radius 1 is 1.17 bits per heavy atom. The van der Waals surface area contributed by atoms with E-state index in [1.54, 1.807) is 24.3 Å². The summed E-state index contributed by atoms with van der Waals surface area (Å²) in [6.07, 6.45) is 0.621. The summed E-state index contributed by atoms with van der Waals surface area (Å²) in [4.78, 5) is 32.0. The predicted molar refractivity (Wildman–Crippen MR) is 112 cm³/mol. The van der Waals surface area contributed by atoms with Gasteiger partial charge in [0.15, 0.2) is 5.82 Å². The van der Waals surface area contributed by atoms with Crippen molar-refractivity contribution in [2.24, 2.45) is 0 Å². The molecule has 2 aromatic heterocycles. The summed E-state index contributed by atoms with van der Waals surface area (Å²) in [7, 11) is 0. The van der Waals surface area contributed by atoms with E-state index in [-0.39, 0.29) is 29.0 Å². The largest absolute Gasteiger partial charge is 0.310 e. The van der Waals surface area contributed by atoms with E-state index in [0.717, 1.165) is 11.1 Å². The summed E-state index contributed by atoms with van der Waals surface area (Å²) in [5.74, 6) is 0.356. The van der Waals surface area contributed by atoms with Gasteiger partial charge in [0.1, 0.15) is 5.82 Å². The van der Waals surface area contributed by atoms with Crippen LogP contribution in [0.1, 0.15) is 24.8 Å². The molecule has 1 amide bonds. The standard InChI is InChI=1S/C21H18ClN5O2/c1-2-16(13-6-4-3-5-7-13)20(29)23-17-12-18(28)24-21-25-19(26-27(17)21)14-8-10-15(22)11-9-14/h3-12,16H,2H2,1H3,(H,23,29)(H,24,25,26,28). The fraction of sp³-hybridized carbons (Fsp3) is 0.143. The van der Waals surface area contributed by atoms with E-state index in [2.05, 4.69) is 20.4 Å². The molecule has 7 nitrogen and oxygen atoms in total. The second kappa shape index (κ2) is 7.89. The van der Waals surface area contributed by atoms with E-state index in [0.29, 0.717) is 17.3 Å². The van der Waals surface area contributed by atoms with Gasteiger partial charge in [-0.05, 0) is 36.2 Å². The van der Waals surface area contributed by atoms with Crippen molar-refractivity contribution < 1.29 is 4.79 Å². The van der Waals surface area contributed by atoms with Crippen LogP contribution in [0.3, 0.4) is 0 Å². The van der Waals surface area contributed by atoms with Crippen LogP contribution in [0.5, 0.6) is 0 Å². The number of rotatable bonds is 5. The highest BCUT2D eigenvalue weighted by Gasteiger charge is 2.20. The Hall–Kier alpha value is -3.45. The van der Waals surface area contributed by atoms with Gasteiger partial charge < -0.3 is 5.32 Å². The van der Waals surface area contributed by atoms with Gasteiger partial charge in [0, 0.05) is 16.7 Å². The van der Waals surface area contributed by atoms with E-state index in [9.17, 15) is 9.59 Å². The summed E-state index contributed by atoms with van der Waals surface area (Å²) in [6.45, 7) is 1.94. The molecule has 0 aliphatic heterocycles. The second-order valence-electron chi connectivity index (χ2n) is 6.56. The number of hydrogen-bond donors (Lipinski definition) is 2. The van der Waals surface area contributed by atoms with Crippen molar-refractivity contribution in [3.05, 3.63) is 81.6 Å². The molecule has 1 atom stereocenters. The van der Waals surface area contributed by atoms with Gasteiger partial charge in [-0.15, -0.1) is 5.10 Å². The zero-order valence-corrected chi connectivity index (χ0v) is 16.3. The van der Waals surface area contributed by atoms with E-state index in [1.807, 2.05) is 37.3 Å². The monoisotopic (exact) mass is 407 g/mol. The maximum atomic E-state index is 12.9. The molecule has 0 spiro atoms. The number of H-pyrrole nitrogens is 1.